The lowest BCUT2D eigenvalue weighted by Gasteiger charge is -2.31. The molecule has 8 nitrogen and oxygen atoms in total. The largest absolute Gasteiger partial charge is 0.331 e. The normalized spacial score (nSPS) is 16.8. The molecule has 0 spiro atoms. The summed E-state index contributed by atoms with van der Waals surface area (Å²) >= 11 is 1.45. The summed E-state index contributed by atoms with van der Waals surface area (Å²) in [6, 6.07) is 0.358. The van der Waals surface area contributed by atoms with E-state index in [9.17, 15) is 4.79 Å². The Morgan fingerprint density at radius 1 is 1.33 bits per heavy atom. The zero-order valence-electron chi connectivity index (χ0n) is 15.2. The highest BCUT2D eigenvalue weighted by Crippen LogP contribution is 2.26. The van der Waals surface area contributed by atoms with Crippen molar-refractivity contribution in [3.63, 3.8) is 0 Å². The lowest BCUT2D eigenvalue weighted by Crippen LogP contribution is -2.46. The van der Waals surface area contributed by atoms with Crippen molar-refractivity contribution in [1.29, 1.82) is 0 Å². The van der Waals surface area contributed by atoms with Crippen molar-refractivity contribution in [2.24, 2.45) is 0 Å². The third kappa shape index (κ3) is 3.60. The van der Waals surface area contributed by atoms with E-state index in [0.717, 1.165) is 35.8 Å². The first-order valence-electron chi connectivity index (χ1n) is 8.93. The van der Waals surface area contributed by atoms with Gasteiger partial charge in [0.15, 0.2) is 0 Å². The van der Waals surface area contributed by atoms with Gasteiger partial charge < -0.3 is 10.2 Å². The predicted octanol–water partition coefficient (Wildman–Crippen LogP) is 2.00. The summed E-state index contributed by atoms with van der Waals surface area (Å²) < 4.78 is 1.70. The second-order valence-electron chi connectivity index (χ2n) is 6.76. The van der Waals surface area contributed by atoms with Gasteiger partial charge in [-0.2, -0.15) is 5.10 Å². The number of carbonyl (C=O) groups is 1. The van der Waals surface area contributed by atoms with Crippen molar-refractivity contribution >= 4 is 17.2 Å². The number of amides is 1. The highest BCUT2D eigenvalue weighted by Gasteiger charge is 2.30. The van der Waals surface area contributed by atoms with Crippen LogP contribution in [0.15, 0.2) is 36.5 Å². The Bertz CT molecular complexity index is 915. The molecule has 1 aliphatic heterocycles. The van der Waals surface area contributed by atoms with Gasteiger partial charge in [-0.05, 0) is 26.8 Å². The van der Waals surface area contributed by atoms with Crippen LogP contribution >= 0.6 is 11.3 Å². The standard InChI is InChI=1S/C18H21N7OS/c1-12(2)25(14-3-4-19-6-14)18(26)16-10-27-17(23-16)13-5-22-24(9-13)15-7-20-11-21-8-15/h5,7-12,14,19H,3-4,6H2,1-2H3/t14-/m1/s1. The van der Waals surface area contributed by atoms with Gasteiger partial charge in [0, 0.05) is 35.8 Å². The van der Waals surface area contributed by atoms with Crippen LogP contribution in [0.25, 0.3) is 16.3 Å². The third-order valence-electron chi connectivity index (χ3n) is 4.58. The van der Waals surface area contributed by atoms with E-state index in [2.05, 4.69) is 39.2 Å². The highest BCUT2D eigenvalue weighted by molar-refractivity contribution is 7.13. The summed E-state index contributed by atoms with van der Waals surface area (Å²) in [6.07, 6.45) is 9.45. The smallest absolute Gasteiger partial charge is 0.273 e. The van der Waals surface area contributed by atoms with Gasteiger partial charge >= 0.3 is 0 Å². The summed E-state index contributed by atoms with van der Waals surface area (Å²) in [4.78, 5) is 27.6. The Morgan fingerprint density at radius 2 is 2.15 bits per heavy atom. The maximum Gasteiger partial charge on any atom is 0.273 e. The summed E-state index contributed by atoms with van der Waals surface area (Å²) in [6.45, 7) is 5.89. The molecule has 0 bridgehead atoms. The van der Waals surface area contributed by atoms with Crippen LogP contribution < -0.4 is 5.32 Å². The summed E-state index contributed by atoms with van der Waals surface area (Å²) in [7, 11) is 0. The van der Waals surface area contributed by atoms with Crippen molar-refractivity contribution < 1.29 is 4.79 Å². The zero-order chi connectivity index (χ0) is 18.8. The Hall–Kier alpha value is -2.65. The molecule has 140 valence electrons. The highest BCUT2D eigenvalue weighted by atomic mass is 32.1. The first kappa shape index (κ1) is 17.7. The van der Waals surface area contributed by atoms with Crippen LogP contribution in [0, 0.1) is 0 Å². The first-order chi connectivity index (χ1) is 13.1. The fraction of sp³-hybridized carbons (Fsp3) is 0.389. The minimum absolute atomic E-state index is 0.00921. The second kappa shape index (κ2) is 7.53. The number of rotatable bonds is 5. The number of nitrogens with one attached hydrogen (secondary N) is 1. The minimum Gasteiger partial charge on any atom is -0.331 e. The Labute approximate surface area is 161 Å². The third-order valence-corrected chi connectivity index (χ3v) is 5.47. The van der Waals surface area contributed by atoms with Gasteiger partial charge in [0.2, 0.25) is 0 Å². The van der Waals surface area contributed by atoms with Crippen molar-refractivity contribution in [3.8, 4) is 16.3 Å². The molecule has 0 radical (unpaired) electrons. The SMILES string of the molecule is CC(C)N(C(=O)c1csc(-c2cnn(-c3cncnc3)c2)n1)[C@@H]1CCNC1. The second-order valence-corrected chi connectivity index (χ2v) is 7.62. The molecule has 1 N–H and O–H groups in total. The van der Waals surface area contributed by atoms with Crippen LogP contribution in [0.3, 0.4) is 0 Å². The fourth-order valence-corrected chi connectivity index (χ4v) is 4.09. The van der Waals surface area contributed by atoms with Gasteiger partial charge in [-0.25, -0.2) is 19.6 Å². The molecule has 1 amide bonds. The van der Waals surface area contributed by atoms with Crippen LogP contribution in [-0.4, -0.2) is 60.7 Å². The van der Waals surface area contributed by atoms with E-state index in [4.69, 9.17) is 0 Å². The molecule has 3 aromatic rings. The zero-order valence-corrected chi connectivity index (χ0v) is 16.1. The summed E-state index contributed by atoms with van der Waals surface area (Å²) in [5, 5.41) is 10.3. The average Bonchev–Trinajstić information content (AvgIpc) is 3.42. The fourth-order valence-electron chi connectivity index (χ4n) is 3.32. The topological polar surface area (TPSA) is 88.8 Å². The Balaban J connectivity index is 1.56. The van der Waals surface area contributed by atoms with E-state index in [1.165, 1.54) is 17.7 Å². The molecule has 4 heterocycles. The van der Waals surface area contributed by atoms with Crippen LogP contribution in [-0.2, 0) is 0 Å². The van der Waals surface area contributed by atoms with Crippen molar-refractivity contribution in [2.45, 2.75) is 32.4 Å². The van der Waals surface area contributed by atoms with Gasteiger partial charge in [-0.1, -0.05) is 0 Å². The van der Waals surface area contributed by atoms with Crippen LogP contribution in [0.5, 0.6) is 0 Å². The predicted molar refractivity (Wildman–Crippen MR) is 103 cm³/mol. The molecular formula is C18H21N7OS. The summed E-state index contributed by atoms with van der Waals surface area (Å²) in [5.74, 6) is -0.00921. The molecule has 0 unspecified atom stereocenters. The molecule has 0 saturated carbocycles. The van der Waals surface area contributed by atoms with E-state index in [-0.39, 0.29) is 18.0 Å². The number of hydrogen-bond acceptors (Lipinski definition) is 7. The minimum atomic E-state index is -0.00921. The van der Waals surface area contributed by atoms with Gasteiger partial charge in [-0.3, -0.25) is 4.79 Å². The molecule has 9 heteroatoms. The number of thiazole rings is 1. The first-order valence-corrected chi connectivity index (χ1v) is 9.81. The molecular weight excluding hydrogens is 362 g/mol. The summed E-state index contributed by atoms with van der Waals surface area (Å²) in [5.41, 5.74) is 2.13. The molecule has 1 aliphatic rings. The van der Waals surface area contributed by atoms with Crippen molar-refractivity contribution in [1.82, 2.24) is 34.9 Å². The van der Waals surface area contributed by atoms with E-state index < -0.39 is 0 Å². The quantitative estimate of drug-likeness (QED) is 0.725. The van der Waals surface area contributed by atoms with Gasteiger partial charge in [0.1, 0.15) is 22.7 Å². The lowest BCUT2D eigenvalue weighted by atomic mass is 10.1. The van der Waals surface area contributed by atoms with Crippen LogP contribution in [0.1, 0.15) is 30.8 Å². The van der Waals surface area contributed by atoms with Crippen molar-refractivity contribution in [3.05, 3.63) is 42.2 Å². The van der Waals surface area contributed by atoms with Gasteiger partial charge in [0.05, 0.1) is 18.6 Å². The monoisotopic (exact) mass is 383 g/mol. The lowest BCUT2D eigenvalue weighted by molar-refractivity contribution is 0.0621. The van der Waals surface area contributed by atoms with E-state index in [1.807, 2.05) is 16.5 Å². The van der Waals surface area contributed by atoms with Gasteiger partial charge in [-0.15, -0.1) is 11.3 Å². The molecule has 1 fully saturated rings. The van der Waals surface area contributed by atoms with E-state index in [0.29, 0.717) is 5.69 Å². The Kier molecular flexibility index (Phi) is 4.95. The number of nitrogens with zero attached hydrogens (tertiary/aromatic N) is 6. The van der Waals surface area contributed by atoms with E-state index in [1.54, 1.807) is 23.3 Å². The molecule has 0 aromatic carbocycles. The molecule has 1 saturated heterocycles. The van der Waals surface area contributed by atoms with Crippen LogP contribution in [0.4, 0.5) is 0 Å². The average molecular weight is 383 g/mol. The molecule has 3 aromatic heterocycles. The maximum atomic E-state index is 13.0. The molecule has 0 aliphatic carbocycles. The van der Waals surface area contributed by atoms with Gasteiger partial charge in [0.25, 0.3) is 5.91 Å². The van der Waals surface area contributed by atoms with E-state index >= 15 is 0 Å². The number of aromatic nitrogens is 5. The van der Waals surface area contributed by atoms with Crippen molar-refractivity contribution in [2.75, 3.05) is 13.1 Å². The molecule has 1 atom stereocenters. The Morgan fingerprint density at radius 3 is 2.85 bits per heavy atom. The van der Waals surface area contributed by atoms with Crippen LogP contribution in [0.2, 0.25) is 0 Å². The molecule has 27 heavy (non-hydrogen) atoms. The maximum absolute atomic E-state index is 13.0. The number of carbonyl (C=O) groups excluding carboxylic acids is 1. The molecule has 4 rings (SSSR count). The number of hydrogen-bond donors (Lipinski definition) is 1.